The van der Waals surface area contributed by atoms with Crippen molar-refractivity contribution in [1.82, 2.24) is 9.88 Å². The van der Waals surface area contributed by atoms with Crippen LogP contribution in [0.15, 0.2) is 113 Å². The van der Waals surface area contributed by atoms with Gasteiger partial charge in [-0.1, -0.05) is 76.1 Å². The minimum absolute atomic E-state index is 0.154. The number of hydrogen-bond acceptors (Lipinski definition) is 8. The van der Waals surface area contributed by atoms with Gasteiger partial charge < -0.3 is 14.3 Å². The number of ether oxygens (including phenoxy) is 1. The number of aromatic hydroxyl groups is 1. The number of phenols is 1. The van der Waals surface area contributed by atoms with Crippen LogP contribution in [0.2, 0.25) is 0 Å². The number of fused-ring (bicyclic) bond motifs is 5. The number of hydrogen-bond donors (Lipinski definition) is 1. The van der Waals surface area contributed by atoms with Crippen LogP contribution in [0.4, 0.5) is 5.69 Å². The van der Waals surface area contributed by atoms with Gasteiger partial charge in [-0.15, -0.1) is 23.2 Å². The van der Waals surface area contributed by atoms with Gasteiger partial charge >= 0.3 is 0 Å². The fraction of sp³-hybridized carbons (Fsp3) is 0.244. The Balaban J connectivity index is 1.07. The molecule has 4 aliphatic rings. The molecule has 9 rings (SSSR count). The molecule has 3 fully saturated rings. The van der Waals surface area contributed by atoms with Crippen LogP contribution in [0.3, 0.4) is 0 Å². The lowest BCUT2D eigenvalue weighted by atomic mass is 9.56. The van der Waals surface area contributed by atoms with E-state index in [1.165, 1.54) is 11.0 Å². The first-order valence-corrected chi connectivity index (χ1v) is 19.3. The SMILES string of the molecule is O=C1C2CC=C3C(CC4(Cl)C(=O)N(CBr)C(=O)C4(Cl)C3c3ccc(OCc4ccccc4)cc3O)C2C(=O)N1c1ccc(-c2nc3ccccc3o2)cc1. The zero-order valence-electron chi connectivity index (χ0n) is 28.3. The van der Waals surface area contributed by atoms with E-state index in [9.17, 15) is 24.3 Å². The maximum atomic E-state index is 14.5. The zero-order chi connectivity index (χ0) is 37.5. The molecule has 0 bridgehead atoms. The summed E-state index contributed by atoms with van der Waals surface area (Å²) in [5, 5.41) is 11.6. The van der Waals surface area contributed by atoms with Gasteiger partial charge in [0, 0.05) is 23.1 Å². The molecule has 6 unspecified atom stereocenters. The van der Waals surface area contributed by atoms with Gasteiger partial charge in [-0.05, 0) is 66.8 Å². The average Bonchev–Trinajstić information content (AvgIpc) is 3.77. The molecule has 54 heavy (non-hydrogen) atoms. The van der Waals surface area contributed by atoms with Crippen LogP contribution in [0.1, 0.15) is 29.9 Å². The smallest absolute Gasteiger partial charge is 0.254 e. The summed E-state index contributed by atoms with van der Waals surface area (Å²) in [4.78, 5) is 59.4. The van der Waals surface area contributed by atoms with E-state index < -0.39 is 51.1 Å². The van der Waals surface area contributed by atoms with E-state index in [-0.39, 0.29) is 42.1 Å². The Morgan fingerprint density at radius 3 is 2.35 bits per heavy atom. The number of para-hydroxylation sites is 2. The number of likely N-dealkylation sites (tertiary alicyclic amines) is 1. The minimum Gasteiger partial charge on any atom is -0.508 e. The monoisotopic (exact) mass is 825 g/mol. The van der Waals surface area contributed by atoms with E-state index in [1.807, 2.05) is 60.7 Å². The van der Waals surface area contributed by atoms with Crippen molar-refractivity contribution in [2.24, 2.45) is 17.8 Å². The van der Waals surface area contributed by atoms with Crippen molar-refractivity contribution >= 4 is 79.5 Å². The maximum Gasteiger partial charge on any atom is 0.254 e. The summed E-state index contributed by atoms with van der Waals surface area (Å²) in [6, 6.07) is 28.5. The van der Waals surface area contributed by atoms with Crippen LogP contribution in [0.5, 0.6) is 11.5 Å². The van der Waals surface area contributed by atoms with E-state index in [0.29, 0.717) is 39.6 Å². The number of phenolic OH excluding ortho intramolecular Hbond substituents is 1. The Morgan fingerprint density at radius 1 is 0.889 bits per heavy atom. The first kappa shape index (κ1) is 34.8. The van der Waals surface area contributed by atoms with Gasteiger partial charge in [-0.25, -0.2) is 4.98 Å². The highest BCUT2D eigenvalue weighted by molar-refractivity contribution is 9.09. The summed E-state index contributed by atoms with van der Waals surface area (Å²) in [5.41, 5.74) is 3.99. The van der Waals surface area contributed by atoms with E-state index in [2.05, 4.69) is 20.9 Å². The number of alkyl halides is 3. The van der Waals surface area contributed by atoms with Gasteiger partial charge in [0.15, 0.2) is 15.3 Å². The Kier molecular flexibility index (Phi) is 8.26. The van der Waals surface area contributed by atoms with Crippen molar-refractivity contribution in [2.75, 3.05) is 10.4 Å². The predicted molar refractivity (Wildman–Crippen MR) is 204 cm³/mol. The van der Waals surface area contributed by atoms with E-state index in [1.54, 1.807) is 36.4 Å². The van der Waals surface area contributed by atoms with E-state index in [0.717, 1.165) is 10.5 Å². The second-order valence-electron chi connectivity index (χ2n) is 14.0. The Hall–Kier alpha value is -4.97. The summed E-state index contributed by atoms with van der Waals surface area (Å²) in [6.45, 7) is 0.253. The summed E-state index contributed by atoms with van der Waals surface area (Å²) in [6.07, 6.45) is 1.84. The van der Waals surface area contributed by atoms with Crippen molar-refractivity contribution < 1.29 is 33.4 Å². The summed E-state index contributed by atoms with van der Waals surface area (Å²) >= 11 is 18.0. The van der Waals surface area contributed by atoms with Crippen LogP contribution in [0.25, 0.3) is 22.6 Å². The molecular weight excluding hydrogens is 797 g/mol. The van der Waals surface area contributed by atoms with Crippen molar-refractivity contribution in [3.63, 3.8) is 0 Å². The fourth-order valence-electron chi connectivity index (χ4n) is 8.70. The molecule has 0 radical (unpaired) electrons. The lowest BCUT2D eigenvalue weighted by Crippen LogP contribution is -2.60. The molecule has 4 aromatic carbocycles. The molecule has 1 saturated carbocycles. The highest BCUT2D eigenvalue weighted by atomic mass is 79.9. The second kappa shape index (κ2) is 12.8. The number of aromatic nitrogens is 1. The second-order valence-corrected chi connectivity index (χ2v) is 15.8. The van der Waals surface area contributed by atoms with Crippen LogP contribution in [0, 0.1) is 17.8 Å². The molecule has 2 aliphatic heterocycles. The number of benzene rings is 4. The summed E-state index contributed by atoms with van der Waals surface area (Å²) < 4.78 is 11.8. The number of carbonyl (C=O) groups excluding carboxylic acids is 4. The molecule has 3 heterocycles. The van der Waals surface area contributed by atoms with Gasteiger partial charge in [0.25, 0.3) is 11.8 Å². The molecule has 1 aromatic heterocycles. The molecule has 0 spiro atoms. The van der Waals surface area contributed by atoms with Crippen LogP contribution in [-0.4, -0.2) is 53.8 Å². The van der Waals surface area contributed by atoms with Crippen LogP contribution < -0.4 is 9.64 Å². The number of oxazole rings is 1. The number of allylic oxidation sites excluding steroid dienone is 2. The Bertz CT molecular complexity index is 2390. The average molecular weight is 828 g/mol. The first-order chi connectivity index (χ1) is 26.0. The predicted octanol–water partition coefficient (Wildman–Crippen LogP) is 7.70. The molecular formula is C41H30BrCl2N3O7. The summed E-state index contributed by atoms with van der Waals surface area (Å²) in [5.74, 6) is -5.21. The molecule has 4 amide bonds. The molecule has 10 nitrogen and oxygen atoms in total. The molecule has 5 aromatic rings. The Labute approximate surface area is 327 Å². The molecule has 272 valence electrons. The molecule has 2 saturated heterocycles. The van der Waals surface area contributed by atoms with Crippen LogP contribution >= 0.6 is 39.1 Å². The molecule has 13 heteroatoms. The maximum absolute atomic E-state index is 14.5. The highest BCUT2D eigenvalue weighted by Crippen LogP contribution is 2.66. The number of halogens is 3. The lowest BCUT2D eigenvalue weighted by Gasteiger charge is -2.50. The third-order valence-corrected chi connectivity index (χ3v) is 13.2. The topological polar surface area (TPSA) is 130 Å². The van der Waals surface area contributed by atoms with Crippen molar-refractivity contribution in [2.45, 2.75) is 35.1 Å². The molecule has 2 aliphatic carbocycles. The third kappa shape index (κ3) is 5.01. The molecule has 6 atom stereocenters. The number of nitrogens with zero attached hydrogens (tertiary/aromatic N) is 3. The fourth-order valence-corrected chi connectivity index (χ4v) is 10.1. The largest absolute Gasteiger partial charge is 0.508 e. The van der Waals surface area contributed by atoms with Crippen molar-refractivity contribution in [3.05, 3.63) is 120 Å². The number of carbonyl (C=O) groups is 4. The number of amides is 4. The third-order valence-electron chi connectivity index (χ3n) is 11.2. The number of anilines is 1. The van der Waals surface area contributed by atoms with Crippen molar-refractivity contribution in [1.29, 1.82) is 0 Å². The van der Waals surface area contributed by atoms with Crippen LogP contribution in [-0.2, 0) is 25.8 Å². The van der Waals surface area contributed by atoms with Gasteiger partial charge in [-0.3, -0.25) is 29.0 Å². The number of rotatable bonds is 7. The highest BCUT2D eigenvalue weighted by Gasteiger charge is 2.76. The summed E-state index contributed by atoms with van der Waals surface area (Å²) in [7, 11) is 0. The molecule has 1 N–H and O–H groups in total. The quantitative estimate of drug-likeness (QED) is 0.0766. The van der Waals surface area contributed by atoms with Gasteiger partial charge in [0.05, 0.1) is 23.0 Å². The normalized spacial score (nSPS) is 27.6. The standard InChI is InChI=1S/C41H30BrCl2N3O7/c42-21-46-38(51)40(43)19-29-26(34(41(40,44)39(46)52)27-15-14-25(18-31(27)48)53-20-22-6-2-1-3-7-22)16-17-28-33(29)37(50)47(36(28)49)24-12-10-23(11-13-24)35-45-30-8-4-5-9-32(30)54-35/h1-16,18,28-29,33-34,48H,17,19-21H2. The van der Waals surface area contributed by atoms with Gasteiger partial charge in [-0.2, -0.15) is 0 Å². The van der Waals surface area contributed by atoms with Gasteiger partial charge in [0.1, 0.15) is 23.6 Å². The Morgan fingerprint density at radius 2 is 1.63 bits per heavy atom. The van der Waals surface area contributed by atoms with E-state index >= 15 is 0 Å². The zero-order valence-corrected chi connectivity index (χ0v) is 31.4. The van der Waals surface area contributed by atoms with E-state index in [4.69, 9.17) is 32.4 Å². The lowest BCUT2D eigenvalue weighted by molar-refractivity contribution is -0.138. The number of imide groups is 2. The van der Waals surface area contributed by atoms with Crippen molar-refractivity contribution in [3.8, 4) is 23.0 Å². The first-order valence-electron chi connectivity index (χ1n) is 17.4. The minimum atomic E-state index is -2.05. The van der Waals surface area contributed by atoms with Gasteiger partial charge in [0.2, 0.25) is 17.7 Å².